The van der Waals surface area contributed by atoms with Crippen molar-refractivity contribution in [1.82, 2.24) is 0 Å². The minimum Gasteiger partial charge on any atom is -0.872 e. The first-order valence-electron chi connectivity index (χ1n) is 14.6. The van der Waals surface area contributed by atoms with Crippen LogP contribution in [0, 0.1) is 6.67 Å². The van der Waals surface area contributed by atoms with Gasteiger partial charge in [-0.15, -0.1) is 12.3 Å². The average molecular weight is 724 g/mol. The fourth-order valence-corrected chi connectivity index (χ4v) is 5.35. The van der Waals surface area contributed by atoms with E-state index in [1.807, 2.05) is 12.1 Å². The summed E-state index contributed by atoms with van der Waals surface area (Å²) in [6.45, 7) is 26.5. The molecule has 1 heterocycles. The average Bonchev–Trinajstić information content (AvgIpc) is 3.39. The van der Waals surface area contributed by atoms with E-state index in [1.54, 1.807) is 18.2 Å². The van der Waals surface area contributed by atoms with E-state index in [1.165, 1.54) is 33.6 Å². The Kier molecular flexibility index (Phi) is 13.1. The van der Waals surface area contributed by atoms with Crippen LogP contribution in [0.25, 0.3) is 0 Å². The first-order valence-corrected chi connectivity index (χ1v) is 14.6. The fraction of sp³-hybridized carbons (Fsp3) is 0.417. The van der Waals surface area contributed by atoms with E-state index in [4.69, 9.17) is 0 Å². The summed E-state index contributed by atoms with van der Waals surface area (Å²) < 4.78 is 0. The summed E-state index contributed by atoms with van der Waals surface area (Å²) in [5.41, 5.74) is 9.48. The molecule has 0 N–H and O–H groups in total. The van der Waals surface area contributed by atoms with Gasteiger partial charge in [0.25, 0.3) is 0 Å². The van der Waals surface area contributed by atoms with Crippen LogP contribution in [0.2, 0.25) is 0 Å². The van der Waals surface area contributed by atoms with Gasteiger partial charge in [0.15, 0.2) is 0 Å². The Labute approximate surface area is 261 Å². The number of allylic oxidation sites excluding steroid dienone is 1. The van der Waals surface area contributed by atoms with E-state index in [2.05, 4.69) is 115 Å². The van der Waals surface area contributed by atoms with Gasteiger partial charge >= 0.3 is 22.4 Å². The molecule has 0 amide bonds. The molecular formula is C36H50AuN2O. The van der Waals surface area contributed by atoms with Crippen molar-refractivity contribution in [2.24, 2.45) is 0 Å². The molecule has 0 saturated carbocycles. The van der Waals surface area contributed by atoms with Crippen LogP contribution < -0.4 is 14.9 Å². The molecule has 0 unspecified atom stereocenters. The number of benzene rings is 3. The summed E-state index contributed by atoms with van der Waals surface area (Å²) in [5, 5.41) is 11.0. The van der Waals surface area contributed by atoms with E-state index >= 15 is 0 Å². The van der Waals surface area contributed by atoms with E-state index < -0.39 is 0 Å². The zero-order chi connectivity index (χ0) is 28.7. The maximum atomic E-state index is 11.0. The summed E-state index contributed by atoms with van der Waals surface area (Å²) in [6, 6.07) is 20.7. The molecule has 3 nitrogen and oxygen atoms in total. The summed E-state index contributed by atoms with van der Waals surface area (Å²) in [6.07, 6.45) is 2.40. The number of nitrogens with zero attached hydrogens (tertiary/aromatic N) is 2. The van der Waals surface area contributed by atoms with Crippen molar-refractivity contribution >= 4 is 11.4 Å². The van der Waals surface area contributed by atoms with E-state index in [0.29, 0.717) is 30.1 Å². The van der Waals surface area contributed by atoms with Crippen LogP contribution >= 0.6 is 0 Å². The largest absolute Gasteiger partial charge is 1.00 e. The number of para-hydroxylation sites is 3. The Balaban J connectivity index is 0.000000596. The molecule has 221 valence electrons. The minimum atomic E-state index is 0. The molecule has 1 saturated heterocycles. The Bertz CT molecular complexity index is 1120. The summed E-state index contributed by atoms with van der Waals surface area (Å²) in [4.78, 5) is 5.01. The molecule has 4 heteroatoms. The van der Waals surface area contributed by atoms with Gasteiger partial charge in [-0.2, -0.15) is 0 Å². The van der Waals surface area contributed by atoms with Crippen LogP contribution in [-0.4, -0.2) is 13.1 Å². The number of hydrogen-bond donors (Lipinski definition) is 0. The van der Waals surface area contributed by atoms with E-state index in [0.717, 1.165) is 18.7 Å². The third kappa shape index (κ3) is 8.06. The molecule has 0 bridgehead atoms. The van der Waals surface area contributed by atoms with Gasteiger partial charge in [0.2, 0.25) is 0 Å². The SMILES string of the molecule is C=CCc1ccccc1[O-].CC(C)c1cccc(C(C)C)c1N1[CH]N(c2c(C(C)C)cccc2C(C)C)CC1.[Au+].[HH]. The Morgan fingerprint density at radius 2 is 1.05 bits per heavy atom. The molecule has 1 aliphatic heterocycles. The topological polar surface area (TPSA) is 29.5 Å². The first kappa shape index (κ1) is 33.7. The third-order valence-corrected chi connectivity index (χ3v) is 7.46. The second-order valence-electron chi connectivity index (χ2n) is 11.8. The summed E-state index contributed by atoms with van der Waals surface area (Å²) in [5.74, 6) is 2.16. The van der Waals surface area contributed by atoms with Crippen molar-refractivity contribution in [2.75, 3.05) is 22.9 Å². The molecule has 3 aromatic carbocycles. The molecular weight excluding hydrogens is 673 g/mol. The second-order valence-corrected chi connectivity index (χ2v) is 11.8. The molecule has 40 heavy (non-hydrogen) atoms. The molecule has 0 aliphatic carbocycles. The molecule has 0 atom stereocenters. The van der Waals surface area contributed by atoms with Gasteiger partial charge in [0.1, 0.15) is 6.67 Å². The van der Waals surface area contributed by atoms with Crippen molar-refractivity contribution in [3.63, 3.8) is 0 Å². The van der Waals surface area contributed by atoms with E-state index in [9.17, 15) is 5.11 Å². The zero-order valence-electron chi connectivity index (χ0n) is 25.7. The van der Waals surface area contributed by atoms with E-state index in [-0.39, 0.29) is 29.6 Å². The third-order valence-electron chi connectivity index (χ3n) is 7.46. The van der Waals surface area contributed by atoms with Gasteiger partial charge in [-0.1, -0.05) is 128 Å². The quantitative estimate of drug-likeness (QED) is 0.172. The number of anilines is 2. The van der Waals surface area contributed by atoms with Gasteiger partial charge in [-0.05, 0) is 52.3 Å². The zero-order valence-corrected chi connectivity index (χ0v) is 27.8. The first-order chi connectivity index (χ1) is 18.6. The second kappa shape index (κ2) is 15.5. The maximum absolute atomic E-state index is 11.0. The molecule has 0 aromatic heterocycles. The number of rotatable bonds is 8. The minimum absolute atomic E-state index is 0. The van der Waals surface area contributed by atoms with Crippen molar-refractivity contribution in [3.05, 3.63) is 108 Å². The summed E-state index contributed by atoms with van der Waals surface area (Å²) >= 11 is 0. The van der Waals surface area contributed by atoms with Gasteiger partial charge in [0.05, 0.1) is 0 Å². The molecule has 3 aromatic rings. The Morgan fingerprint density at radius 1 is 0.675 bits per heavy atom. The van der Waals surface area contributed by atoms with Crippen molar-refractivity contribution in [2.45, 2.75) is 85.5 Å². The van der Waals surface area contributed by atoms with Gasteiger partial charge < -0.3 is 14.9 Å². The van der Waals surface area contributed by atoms with Gasteiger partial charge in [-0.25, -0.2) is 0 Å². The van der Waals surface area contributed by atoms with Crippen LogP contribution in [-0.2, 0) is 28.8 Å². The van der Waals surface area contributed by atoms with Crippen LogP contribution in [0.3, 0.4) is 0 Å². The molecule has 1 fully saturated rings. The molecule has 0 spiro atoms. The fourth-order valence-electron chi connectivity index (χ4n) is 5.35. The molecule has 1 radical (unpaired) electrons. The van der Waals surface area contributed by atoms with Crippen LogP contribution in [0.4, 0.5) is 11.4 Å². The van der Waals surface area contributed by atoms with Gasteiger partial charge in [-0.3, -0.25) is 0 Å². The summed E-state index contributed by atoms with van der Waals surface area (Å²) in [7, 11) is 0. The van der Waals surface area contributed by atoms with Gasteiger partial charge in [0, 0.05) is 25.9 Å². The normalized spacial score (nSPS) is 13.1. The van der Waals surface area contributed by atoms with Crippen molar-refractivity contribution < 1.29 is 28.9 Å². The monoisotopic (exact) mass is 723 g/mol. The Morgan fingerprint density at radius 3 is 1.38 bits per heavy atom. The van der Waals surface area contributed by atoms with Crippen LogP contribution in [0.5, 0.6) is 5.75 Å². The standard InChI is InChI=1S/C27H39N2.C9H10O.Au.H2/c1-18(2)22-11-9-12-23(19(3)4)26(22)28-15-16-29(17-28)27-24(20(5)6)13-10-14-25(27)21(7)8;1-2-5-8-6-3-4-7-9(8)10;;/h9-14,17-21H,15-16H2,1-8H3;2-4,6-7,10H,1,5H2;;1H/q;;+1;/p-1. The number of hydrogen-bond acceptors (Lipinski definition) is 3. The predicted octanol–water partition coefficient (Wildman–Crippen LogP) is 9.36. The predicted molar refractivity (Wildman–Crippen MR) is 170 cm³/mol. The molecule has 1 aliphatic rings. The molecule has 4 rings (SSSR count). The Hall–Kier alpha value is -2.46. The van der Waals surface area contributed by atoms with Crippen LogP contribution in [0.15, 0.2) is 73.3 Å². The maximum Gasteiger partial charge on any atom is 1.00 e. The van der Waals surface area contributed by atoms with Crippen molar-refractivity contribution in [3.8, 4) is 5.75 Å². The van der Waals surface area contributed by atoms with Crippen LogP contribution in [0.1, 0.15) is 108 Å². The van der Waals surface area contributed by atoms with Crippen molar-refractivity contribution in [1.29, 1.82) is 0 Å². The smallest absolute Gasteiger partial charge is 0.872 e.